The molecule has 0 aliphatic heterocycles. The predicted octanol–water partition coefficient (Wildman–Crippen LogP) is 1.78. The molecule has 8 nitrogen and oxygen atoms in total. The van der Waals surface area contributed by atoms with E-state index < -0.39 is 15.9 Å². The summed E-state index contributed by atoms with van der Waals surface area (Å²) in [7, 11) is 0.298. The number of benzene rings is 2. The van der Waals surface area contributed by atoms with Crippen LogP contribution in [0.4, 0.5) is 0 Å². The molecule has 0 atom stereocenters. The third-order valence-electron chi connectivity index (χ3n) is 3.87. The Bertz CT molecular complexity index is 973. The highest BCUT2D eigenvalue weighted by molar-refractivity contribution is 7.89. The Morgan fingerprint density at radius 1 is 1.14 bits per heavy atom. The van der Waals surface area contributed by atoms with Crippen molar-refractivity contribution in [1.29, 1.82) is 0 Å². The Hall–Kier alpha value is -2.91. The van der Waals surface area contributed by atoms with Crippen LogP contribution in [-0.4, -0.2) is 52.7 Å². The molecule has 0 heterocycles. The summed E-state index contributed by atoms with van der Waals surface area (Å²) >= 11 is 0. The molecule has 2 aromatic rings. The molecule has 0 saturated carbocycles. The van der Waals surface area contributed by atoms with Gasteiger partial charge in [0.2, 0.25) is 10.0 Å². The van der Waals surface area contributed by atoms with Gasteiger partial charge in [0, 0.05) is 13.1 Å². The molecular weight excluding hydrogens is 382 g/mol. The minimum Gasteiger partial charge on any atom is -0.493 e. The van der Waals surface area contributed by atoms with E-state index in [2.05, 4.69) is 10.5 Å². The second-order valence-corrected chi connectivity index (χ2v) is 8.03. The number of likely N-dealkylation sites (N-methyl/N-ethyl adjacent to an activating group) is 1. The molecule has 0 aliphatic rings. The third-order valence-corrected chi connectivity index (χ3v) is 5.67. The lowest BCUT2D eigenvalue weighted by Gasteiger charge is -2.17. The molecule has 0 aromatic heterocycles. The standard InChI is InChI=1S/C19H23N3O5S/c1-14-6-5-7-15(10-14)12-20-21-19(23)13-22(2)28(24,25)16-8-9-17(26-3)18(11-16)27-4/h5-12H,13H2,1-4H3,(H,21,23)/b20-12-. The van der Waals surface area contributed by atoms with E-state index >= 15 is 0 Å². The first kappa shape index (κ1) is 21.4. The van der Waals surface area contributed by atoms with Crippen LogP contribution in [0.25, 0.3) is 0 Å². The number of hydrogen-bond donors (Lipinski definition) is 1. The van der Waals surface area contributed by atoms with Gasteiger partial charge < -0.3 is 9.47 Å². The summed E-state index contributed by atoms with van der Waals surface area (Å²) < 4.78 is 36.5. The van der Waals surface area contributed by atoms with Gasteiger partial charge in [-0.15, -0.1) is 0 Å². The fraction of sp³-hybridized carbons (Fsp3) is 0.263. The summed E-state index contributed by atoms with van der Waals surface area (Å²) in [4.78, 5) is 12.0. The zero-order chi connectivity index (χ0) is 20.7. The first-order valence-electron chi connectivity index (χ1n) is 8.35. The number of ether oxygens (including phenoxy) is 2. The zero-order valence-electron chi connectivity index (χ0n) is 16.2. The molecule has 1 N–H and O–H groups in total. The van der Waals surface area contributed by atoms with Gasteiger partial charge in [0.15, 0.2) is 11.5 Å². The number of rotatable bonds is 8. The highest BCUT2D eigenvalue weighted by atomic mass is 32.2. The molecule has 2 rings (SSSR count). The van der Waals surface area contributed by atoms with Gasteiger partial charge in [-0.1, -0.05) is 29.8 Å². The van der Waals surface area contributed by atoms with E-state index in [9.17, 15) is 13.2 Å². The smallest absolute Gasteiger partial charge is 0.255 e. The lowest BCUT2D eigenvalue weighted by molar-refractivity contribution is -0.121. The van der Waals surface area contributed by atoms with Crippen LogP contribution in [0.5, 0.6) is 11.5 Å². The van der Waals surface area contributed by atoms with Crippen LogP contribution < -0.4 is 14.9 Å². The van der Waals surface area contributed by atoms with Crippen LogP contribution >= 0.6 is 0 Å². The average Bonchev–Trinajstić information content (AvgIpc) is 2.67. The molecule has 150 valence electrons. The number of amides is 1. The third kappa shape index (κ3) is 5.30. The van der Waals surface area contributed by atoms with Gasteiger partial charge in [0.25, 0.3) is 5.91 Å². The number of nitrogens with zero attached hydrogens (tertiary/aromatic N) is 2. The molecule has 0 saturated heterocycles. The summed E-state index contributed by atoms with van der Waals surface area (Å²) in [5.74, 6) is 0.131. The minimum atomic E-state index is -3.89. The van der Waals surface area contributed by atoms with Gasteiger partial charge >= 0.3 is 0 Å². The second-order valence-electron chi connectivity index (χ2n) is 5.99. The normalized spacial score (nSPS) is 11.6. The fourth-order valence-electron chi connectivity index (χ4n) is 2.41. The fourth-order valence-corrected chi connectivity index (χ4v) is 3.55. The number of aryl methyl sites for hydroxylation is 1. The van der Waals surface area contributed by atoms with Crippen molar-refractivity contribution < 1.29 is 22.7 Å². The van der Waals surface area contributed by atoms with Crippen molar-refractivity contribution in [1.82, 2.24) is 9.73 Å². The SMILES string of the molecule is COc1ccc(S(=O)(=O)N(C)CC(=O)N/N=C\c2cccc(C)c2)cc1OC. The van der Waals surface area contributed by atoms with Crippen molar-refractivity contribution in [3.8, 4) is 11.5 Å². The van der Waals surface area contributed by atoms with Crippen molar-refractivity contribution in [2.45, 2.75) is 11.8 Å². The molecule has 0 radical (unpaired) electrons. The van der Waals surface area contributed by atoms with Gasteiger partial charge in [-0.3, -0.25) is 4.79 Å². The lowest BCUT2D eigenvalue weighted by atomic mass is 10.2. The first-order valence-corrected chi connectivity index (χ1v) is 9.79. The van der Waals surface area contributed by atoms with Crippen molar-refractivity contribution in [3.63, 3.8) is 0 Å². The molecule has 0 spiro atoms. The van der Waals surface area contributed by atoms with E-state index in [0.29, 0.717) is 5.75 Å². The Morgan fingerprint density at radius 2 is 1.86 bits per heavy atom. The largest absolute Gasteiger partial charge is 0.493 e. The van der Waals surface area contributed by atoms with Crippen LogP contribution in [0.1, 0.15) is 11.1 Å². The Labute approximate surface area is 164 Å². The van der Waals surface area contributed by atoms with E-state index in [1.165, 1.54) is 45.7 Å². The maximum Gasteiger partial charge on any atom is 0.255 e. The van der Waals surface area contributed by atoms with Gasteiger partial charge in [-0.05, 0) is 24.6 Å². The maximum atomic E-state index is 12.7. The van der Waals surface area contributed by atoms with Gasteiger partial charge in [0.1, 0.15) is 0 Å². The van der Waals surface area contributed by atoms with Crippen molar-refractivity contribution >= 4 is 22.1 Å². The topological polar surface area (TPSA) is 97.3 Å². The van der Waals surface area contributed by atoms with Gasteiger partial charge in [-0.25, -0.2) is 13.8 Å². The first-order chi connectivity index (χ1) is 13.3. The molecule has 0 unspecified atom stereocenters. The summed E-state index contributed by atoms with van der Waals surface area (Å²) in [6.07, 6.45) is 1.49. The minimum absolute atomic E-state index is 0.0105. The zero-order valence-corrected chi connectivity index (χ0v) is 17.0. The van der Waals surface area contributed by atoms with Crippen LogP contribution in [0.15, 0.2) is 52.5 Å². The quantitative estimate of drug-likeness (QED) is 0.533. The predicted molar refractivity (Wildman–Crippen MR) is 106 cm³/mol. The highest BCUT2D eigenvalue weighted by Gasteiger charge is 2.24. The average molecular weight is 405 g/mol. The molecule has 0 aliphatic carbocycles. The number of nitrogens with one attached hydrogen (secondary N) is 1. The molecular formula is C19H23N3O5S. The maximum absolute atomic E-state index is 12.7. The number of carbonyl (C=O) groups excluding carboxylic acids is 1. The van der Waals surface area contributed by atoms with E-state index in [1.807, 2.05) is 31.2 Å². The Balaban J connectivity index is 2.04. The number of methoxy groups -OCH3 is 2. The van der Waals surface area contributed by atoms with Crippen LogP contribution in [0.2, 0.25) is 0 Å². The van der Waals surface area contributed by atoms with Crippen LogP contribution in [0, 0.1) is 6.92 Å². The lowest BCUT2D eigenvalue weighted by Crippen LogP contribution is -2.36. The van der Waals surface area contributed by atoms with Crippen molar-refractivity contribution in [2.24, 2.45) is 5.10 Å². The molecule has 2 aromatic carbocycles. The Morgan fingerprint density at radius 3 is 2.50 bits per heavy atom. The summed E-state index contributed by atoms with van der Waals surface area (Å²) in [5, 5.41) is 3.86. The van der Waals surface area contributed by atoms with E-state index in [-0.39, 0.29) is 17.2 Å². The van der Waals surface area contributed by atoms with Gasteiger partial charge in [0.05, 0.1) is 31.9 Å². The van der Waals surface area contributed by atoms with Crippen molar-refractivity contribution in [3.05, 3.63) is 53.6 Å². The number of hydrazone groups is 1. The monoisotopic (exact) mass is 405 g/mol. The van der Waals surface area contributed by atoms with E-state index in [1.54, 1.807) is 0 Å². The number of sulfonamides is 1. The number of hydrogen-bond acceptors (Lipinski definition) is 6. The molecule has 9 heteroatoms. The summed E-state index contributed by atoms with van der Waals surface area (Å²) in [5.41, 5.74) is 4.22. The molecule has 28 heavy (non-hydrogen) atoms. The molecule has 0 bridgehead atoms. The molecule has 1 amide bonds. The second kappa shape index (κ2) is 9.34. The summed E-state index contributed by atoms with van der Waals surface area (Å²) in [6.45, 7) is 1.56. The highest BCUT2D eigenvalue weighted by Crippen LogP contribution is 2.30. The van der Waals surface area contributed by atoms with Crippen molar-refractivity contribution in [2.75, 3.05) is 27.8 Å². The van der Waals surface area contributed by atoms with Crippen LogP contribution in [0.3, 0.4) is 0 Å². The molecule has 0 fully saturated rings. The van der Waals surface area contributed by atoms with E-state index in [4.69, 9.17) is 9.47 Å². The Kier molecular flexibility index (Phi) is 7.13. The van der Waals surface area contributed by atoms with Gasteiger partial charge in [-0.2, -0.15) is 9.41 Å². The van der Waals surface area contributed by atoms with Crippen LogP contribution in [-0.2, 0) is 14.8 Å². The number of carbonyl (C=O) groups is 1. The van der Waals surface area contributed by atoms with E-state index in [0.717, 1.165) is 15.4 Å². The summed E-state index contributed by atoms with van der Waals surface area (Å²) in [6, 6.07) is 11.8.